The van der Waals surface area contributed by atoms with E-state index in [4.69, 9.17) is 10.3 Å². The molecular weight excluding hydrogens is 336 g/mol. The molecule has 1 atom stereocenters. The number of likely N-dealkylation sites (tertiary alicyclic amines) is 1. The molecule has 0 spiro atoms. The molecule has 134 valence electrons. The largest absolute Gasteiger partial charge is 0.338 e. The smallest absolute Gasteiger partial charge is 0.253 e. The number of nitrogens with zero attached hydrogens (tertiary/aromatic N) is 3. The lowest BCUT2D eigenvalue weighted by Gasteiger charge is -2.42. The standard InChI is InChI=1S/C18H24N4O2S/c1-12-20-16(24-21-12)10-25-14-6-4-13(5-7-14)17(23)22-9-8-15(19)18(2,3)11-22/h4-7,15H,8-11,19H2,1-3H3. The minimum atomic E-state index is -0.0497. The van der Waals surface area contributed by atoms with Crippen LogP contribution in [0.1, 0.15) is 42.3 Å². The van der Waals surface area contributed by atoms with Crippen molar-refractivity contribution < 1.29 is 9.32 Å². The second-order valence-corrected chi connectivity index (χ2v) is 8.21. The Balaban J connectivity index is 1.60. The highest BCUT2D eigenvalue weighted by atomic mass is 32.2. The third-order valence-electron chi connectivity index (χ3n) is 4.63. The molecule has 2 N–H and O–H groups in total. The molecule has 1 aromatic heterocycles. The second kappa shape index (κ2) is 7.17. The molecule has 0 radical (unpaired) electrons. The summed E-state index contributed by atoms with van der Waals surface area (Å²) in [5.74, 6) is 1.94. The third kappa shape index (κ3) is 4.22. The van der Waals surface area contributed by atoms with E-state index in [1.165, 1.54) is 0 Å². The molecule has 0 aliphatic carbocycles. The Bertz CT molecular complexity index is 742. The second-order valence-electron chi connectivity index (χ2n) is 7.16. The summed E-state index contributed by atoms with van der Waals surface area (Å²) in [4.78, 5) is 19.9. The predicted molar refractivity (Wildman–Crippen MR) is 97.3 cm³/mol. The molecule has 1 fully saturated rings. The minimum Gasteiger partial charge on any atom is -0.338 e. The number of nitrogens with two attached hydrogens (primary N) is 1. The lowest BCUT2D eigenvalue weighted by atomic mass is 9.79. The summed E-state index contributed by atoms with van der Waals surface area (Å²) in [6.45, 7) is 7.45. The van der Waals surface area contributed by atoms with Crippen LogP contribution in [-0.2, 0) is 5.75 Å². The summed E-state index contributed by atoms with van der Waals surface area (Å²) in [5, 5.41) is 3.78. The fourth-order valence-electron chi connectivity index (χ4n) is 2.97. The van der Waals surface area contributed by atoms with Crippen molar-refractivity contribution in [2.24, 2.45) is 11.1 Å². The van der Waals surface area contributed by atoms with Gasteiger partial charge in [0.2, 0.25) is 5.89 Å². The monoisotopic (exact) mass is 360 g/mol. The maximum absolute atomic E-state index is 12.7. The van der Waals surface area contributed by atoms with Gasteiger partial charge in [-0.05, 0) is 43.0 Å². The van der Waals surface area contributed by atoms with Crippen molar-refractivity contribution in [3.63, 3.8) is 0 Å². The van der Waals surface area contributed by atoms with Crippen LogP contribution in [0.5, 0.6) is 0 Å². The van der Waals surface area contributed by atoms with Crippen LogP contribution < -0.4 is 5.73 Å². The summed E-state index contributed by atoms with van der Waals surface area (Å²) in [7, 11) is 0. The van der Waals surface area contributed by atoms with Gasteiger partial charge in [-0.1, -0.05) is 19.0 Å². The minimum absolute atomic E-state index is 0.0497. The van der Waals surface area contributed by atoms with Gasteiger partial charge < -0.3 is 15.2 Å². The first-order valence-corrected chi connectivity index (χ1v) is 9.40. The molecule has 1 aliphatic heterocycles. The van der Waals surface area contributed by atoms with Crippen molar-refractivity contribution in [2.45, 2.75) is 43.9 Å². The van der Waals surface area contributed by atoms with Gasteiger partial charge in [-0.3, -0.25) is 4.79 Å². The zero-order chi connectivity index (χ0) is 18.0. The zero-order valence-electron chi connectivity index (χ0n) is 14.9. The molecule has 2 aromatic rings. The van der Waals surface area contributed by atoms with Crippen molar-refractivity contribution in [2.75, 3.05) is 13.1 Å². The normalized spacial score (nSPS) is 19.8. The van der Waals surface area contributed by atoms with Crippen LogP contribution in [0.2, 0.25) is 0 Å². The Hall–Kier alpha value is -1.86. The number of hydrogen-bond donors (Lipinski definition) is 1. The third-order valence-corrected chi connectivity index (χ3v) is 5.63. The van der Waals surface area contributed by atoms with Crippen LogP contribution in [-0.4, -0.2) is 40.1 Å². The predicted octanol–water partition coefficient (Wildman–Crippen LogP) is 2.87. The van der Waals surface area contributed by atoms with Crippen molar-refractivity contribution in [1.82, 2.24) is 15.0 Å². The number of hydrogen-bond acceptors (Lipinski definition) is 6. The topological polar surface area (TPSA) is 85.2 Å². The number of piperidine rings is 1. The van der Waals surface area contributed by atoms with E-state index >= 15 is 0 Å². The van der Waals surface area contributed by atoms with Gasteiger partial charge in [0.1, 0.15) is 0 Å². The average molecular weight is 360 g/mol. The van der Waals surface area contributed by atoms with E-state index in [2.05, 4.69) is 24.0 Å². The van der Waals surface area contributed by atoms with Crippen LogP contribution in [0, 0.1) is 12.3 Å². The molecule has 25 heavy (non-hydrogen) atoms. The Morgan fingerprint density at radius 3 is 2.72 bits per heavy atom. The Labute approximate surface area is 152 Å². The number of rotatable bonds is 4. The highest BCUT2D eigenvalue weighted by Gasteiger charge is 2.35. The number of thioether (sulfide) groups is 1. The van der Waals surface area contributed by atoms with E-state index in [-0.39, 0.29) is 17.4 Å². The van der Waals surface area contributed by atoms with E-state index in [9.17, 15) is 4.79 Å². The van der Waals surface area contributed by atoms with Crippen molar-refractivity contribution in [1.29, 1.82) is 0 Å². The maximum Gasteiger partial charge on any atom is 0.253 e. The first-order chi connectivity index (χ1) is 11.8. The van der Waals surface area contributed by atoms with E-state index in [1.807, 2.05) is 29.2 Å². The van der Waals surface area contributed by atoms with Crippen LogP contribution in [0.25, 0.3) is 0 Å². The Morgan fingerprint density at radius 1 is 1.40 bits per heavy atom. The molecule has 6 nitrogen and oxygen atoms in total. The van der Waals surface area contributed by atoms with Crippen molar-refractivity contribution >= 4 is 17.7 Å². The molecule has 1 amide bonds. The molecule has 0 saturated carbocycles. The van der Waals surface area contributed by atoms with Gasteiger partial charge in [0, 0.05) is 29.6 Å². The van der Waals surface area contributed by atoms with E-state index < -0.39 is 0 Å². The summed E-state index contributed by atoms with van der Waals surface area (Å²) in [6.07, 6.45) is 0.844. The van der Waals surface area contributed by atoms with Gasteiger partial charge in [-0.25, -0.2) is 0 Å². The fourth-order valence-corrected chi connectivity index (χ4v) is 3.70. The fraction of sp³-hybridized carbons (Fsp3) is 0.500. The van der Waals surface area contributed by atoms with E-state index in [0.717, 1.165) is 17.9 Å². The first kappa shape index (κ1) is 17.9. The van der Waals surface area contributed by atoms with Gasteiger partial charge in [-0.15, -0.1) is 11.8 Å². The summed E-state index contributed by atoms with van der Waals surface area (Å²) in [6, 6.07) is 7.82. The number of benzene rings is 1. The number of carbonyl (C=O) groups is 1. The molecular formula is C18H24N4O2S. The number of aryl methyl sites for hydroxylation is 1. The summed E-state index contributed by atoms with van der Waals surface area (Å²) in [5.41, 5.74) is 6.82. The Kier molecular flexibility index (Phi) is 5.15. The highest BCUT2D eigenvalue weighted by Crippen LogP contribution is 2.29. The number of aromatic nitrogens is 2. The van der Waals surface area contributed by atoms with Gasteiger partial charge in [0.05, 0.1) is 5.75 Å². The molecule has 7 heteroatoms. The highest BCUT2D eigenvalue weighted by molar-refractivity contribution is 7.98. The van der Waals surface area contributed by atoms with Crippen molar-refractivity contribution in [3.8, 4) is 0 Å². The molecule has 3 rings (SSSR count). The molecule has 0 bridgehead atoms. The molecule has 1 unspecified atom stereocenters. The maximum atomic E-state index is 12.7. The molecule has 1 aromatic carbocycles. The number of amides is 1. The quantitative estimate of drug-likeness (QED) is 0.844. The molecule has 1 saturated heterocycles. The van der Waals surface area contributed by atoms with Crippen LogP contribution >= 0.6 is 11.8 Å². The summed E-state index contributed by atoms with van der Waals surface area (Å²) >= 11 is 1.61. The van der Waals surface area contributed by atoms with Crippen molar-refractivity contribution in [3.05, 3.63) is 41.5 Å². The number of carbonyl (C=O) groups excluding carboxylic acids is 1. The van der Waals surface area contributed by atoms with Crippen LogP contribution in [0.15, 0.2) is 33.7 Å². The first-order valence-electron chi connectivity index (χ1n) is 8.42. The van der Waals surface area contributed by atoms with Gasteiger partial charge in [0.25, 0.3) is 5.91 Å². The molecule has 2 heterocycles. The van der Waals surface area contributed by atoms with Crippen LogP contribution in [0.3, 0.4) is 0 Å². The van der Waals surface area contributed by atoms with Gasteiger partial charge in [-0.2, -0.15) is 4.98 Å². The van der Waals surface area contributed by atoms with Gasteiger partial charge in [0.15, 0.2) is 5.82 Å². The van der Waals surface area contributed by atoms with Gasteiger partial charge >= 0.3 is 0 Å². The Morgan fingerprint density at radius 2 is 2.12 bits per heavy atom. The summed E-state index contributed by atoms with van der Waals surface area (Å²) < 4.78 is 5.10. The average Bonchev–Trinajstić information content (AvgIpc) is 3.01. The molecule has 1 aliphatic rings. The van der Waals surface area contributed by atoms with E-state index in [0.29, 0.717) is 29.6 Å². The van der Waals surface area contributed by atoms with Crippen LogP contribution in [0.4, 0.5) is 0 Å². The SMILES string of the molecule is Cc1noc(CSc2ccc(C(=O)N3CCC(N)C(C)(C)C3)cc2)n1. The lowest BCUT2D eigenvalue weighted by molar-refractivity contribution is 0.0533. The van der Waals surface area contributed by atoms with E-state index in [1.54, 1.807) is 18.7 Å². The zero-order valence-corrected chi connectivity index (χ0v) is 15.7. The lowest BCUT2D eigenvalue weighted by Crippen LogP contribution is -2.53.